The van der Waals surface area contributed by atoms with Gasteiger partial charge in [-0.2, -0.15) is 0 Å². The van der Waals surface area contributed by atoms with Crippen LogP contribution in [-0.4, -0.2) is 0 Å². The van der Waals surface area contributed by atoms with Crippen molar-refractivity contribution >= 4 is 39.5 Å². The van der Waals surface area contributed by atoms with E-state index in [1.165, 1.54) is 47.0 Å². The Hall–Kier alpha value is 0.170. The zero-order chi connectivity index (χ0) is 11.8. The second kappa shape index (κ2) is 8.29. The van der Waals surface area contributed by atoms with Crippen molar-refractivity contribution < 1.29 is 0 Å². The molecule has 0 radical (unpaired) electrons. The molecule has 0 nitrogen and oxygen atoms in total. The summed E-state index contributed by atoms with van der Waals surface area (Å²) in [6.07, 6.45) is 10.1. The molecule has 0 spiro atoms. The van der Waals surface area contributed by atoms with Crippen LogP contribution in [0, 0.1) is 2.88 Å². The number of halogens is 1. The minimum Gasteiger partial charge on any atom is -0.137 e. The molecule has 1 rings (SSSR count). The van der Waals surface area contributed by atoms with Crippen molar-refractivity contribution in [2.75, 3.05) is 0 Å². The van der Waals surface area contributed by atoms with Crippen molar-refractivity contribution in [3.05, 3.63) is 26.0 Å². The fourth-order valence-electron chi connectivity index (χ4n) is 1.72. The molecule has 0 unspecified atom stereocenters. The van der Waals surface area contributed by atoms with E-state index in [4.69, 9.17) is 0 Å². The van der Waals surface area contributed by atoms with Gasteiger partial charge in [-0.25, -0.2) is 0 Å². The van der Waals surface area contributed by atoms with Gasteiger partial charge in [0.2, 0.25) is 0 Å². The van der Waals surface area contributed by atoms with Crippen molar-refractivity contribution in [2.45, 2.75) is 52.4 Å². The van der Waals surface area contributed by atoms with Crippen LogP contribution < -0.4 is 0 Å². The molecule has 0 aromatic carbocycles. The Morgan fingerprint density at radius 3 is 2.62 bits per heavy atom. The first kappa shape index (κ1) is 14.2. The Kier molecular flexibility index (Phi) is 7.37. The minimum absolute atomic E-state index is 1.24. The highest BCUT2D eigenvalue weighted by atomic mass is 127. The lowest BCUT2D eigenvalue weighted by molar-refractivity contribution is 0.800. The first-order valence-electron chi connectivity index (χ1n) is 6.22. The van der Waals surface area contributed by atoms with Crippen molar-refractivity contribution in [1.29, 1.82) is 0 Å². The van der Waals surface area contributed by atoms with Crippen LogP contribution in [0.25, 0.3) is 5.57 Å². The summed E-state index contributed by atoms with van der Waals surface area (Å²) in [4.78, 5) is 0. The van der Waals surface area contributed by atoms with E-state index < -0.39 is 0 Å². The number of unbranched alkanes of at least 4 members (excludes halogenated alkanes) is 3. The summed E-state index contributed by atoms with van der Waals surface area (Å²) in [5, 5.41) is 2.21. The highest BCUT2D eigenvalue weighted by Crippen LogP contribution is 2.29. The van der Waals surface area contributed by atoms with E-state index in [1.54, 1.807) is 5.57 Å². The van der Waals surface area contributed by atoms with E-state index in [0.717, 1.165) is 0 Å². The highest BCUT2D eigenvalue weighted by molar-refractivity contribution is 14.1. The highest BCUT2D eigenvalue weighted by Gasteiger charge is 2.06. The summed E-state index contributed by atoms with van der Waals surface area (Å²) < 4.78 is 1.44. The topological polar surface area (TPSA) is 0 Å². The van der Waals surface area contributed by atoms with Gasteiger partial charge in [-0.3, -0.25) is 0 Å². The van der Waals surface area contributed by atoms with Gasteiger partial charge >= 0.3 is 0 Å². The third-order valence-electron chi connectivity index (χ3n) is 2.71. The summed E-state index contributed by atoms with van der Waals surface area (Å²) in [7, 11) is 0. The maximum atomic E-state index is 2.46. The van der Waals surface area contributed by atoms with E-state index in [0.29, 0.717) is 0 Å². The van der Waals surface area contributed by atoms with E-state index in [2.05, 4.69) is 54.0 Å². The van der Waals surface area contributed by atoms with Gasteiger partial charge in [0.15, 0.2) is 0 Å². The average Bonchev–Trinajstić information content (AvgIpc) is 2.70. The first-order chi connectivity index (χ1) is 7.79. The van der Waals surface area contributed by atoms with Crippen LogP contribution in [0.2, 0.25) is 0 Å². The van der Waals surface area contributed by atoms with Crippen LogP contribution in [0.1, 0.15) is 57.9 Å². The summed E-state index contributed by atoms with van der Waals surface area (Å²) in [5.41, 5.74) is 3.05. The Labute approximate surface area is 117 Å². The van der Waals surface area contributed by atoms with Gasteiger partial charge in [0.25, 0.3) is 0 Å². The molecule has 0 bridgehead atoms. The Balaban J connectivity index is 2.70. The van der Waals surface area contributed by atoms with Gasteiger partial charge in [0.1, 0.15) is 0 Å². The predicted molar refractivity (Wildman–Crippen MR) is 84.1 cm³/mol. The van der Waals surface area contributed by atoms with Gasteiger partial charge in [0, 0.05) is 5.56 Å². The molecule has 1 aromatic rings. The molecule has 0 fully saturated rings. The van der Waals surface area contributed by atoms with Crippen LogP contribution >= 0.6 is 33.9 Å². The molecule has 0 saturated heterocycles. The van der Waals surface area contributed by atoms with Crippen LogP contribution in [0.4, 0.5) is 0 Å². The molecule has 90 valence electrons. The number of thiophene rings is 1. The van der Waals surface area contributed by atoms with E-state index >= 15 is 0 Å². The van der Waals surface area contributed by atoms with Crippen molar-refractivity contribution in [3.63, 3.8) is 0 Å². The predicted octanol–water partition coefficient (Wildman–Crippen LogP) is 6.12. The van der Waals surface area contributed by atoms with E-state index in [9.17, 15) is 0 Å². The third-order valence-corrected chi connectivity index (χ3v) is 4.75. The van der Waals surface area contributed by atoms with Crippen LogP contribution in [0.5, 0.6) is 0 Å². The third kappa shape index (κ3) is 4.58. The molecule has 1 heterocycles. The number of rotatable bonds is 7. The van der Waals surface area contributed by atoms with Crippen molar-refractivity contribution in [1.82, 2.24) is 0 Å². The summed E-state index contributed by atoms with van der Waals surface area (Å²) in [5.74, 6) is 0. The number of allylic oxidation sites excluding steroid dienone is 2. The summed E-state index contributed by atoms with van der Waals surface area (Å²) in [6.45, 7) is 4.52. The lowest BCUT2D eigenvalue weighted by Crippen LogP contribution is -1.86. The molecule has 0 aliphatic carbocycles. The van der Waals surface area contributed by atoms with Gasteiger partial charge in [-0.15, -0.1) is 11.3 Å². The van der Waals surface area contributed by atoms with Crippen LogP contribution in [0.15, 0.2) is 17.5 Å². The summed E-state index contributed by atoms with van der Waals surface area (Å²) in [6, 6.07) is 2.28. The normalized spacial score (nSPS) is 12.1. The monoisotopic (exact) mass is 348 g/mol. The van der Waals surface area contributed by atoms with Gasteiger partial charge in [0.05, 0.1) is 2.88 Å². The Bertz CT molecular complexity index is 325. The molecule has 0 aliphatic rings. The SMILES string of the molecule is CCCC/C=C(\CCCC)c1ccsc1I. The smallest absolute Gasteiger partial charge is 0.0728 e. The molecule has 1 aromatic heterocycles. The number of hydrogen-bond acceptors (Lipinski definition) is 1. The van der Waals surface area contributed by atoms with Crippen LogP contribution in [-0.2, 0) is 0 Å². The van der Waals surface area contributed by atoms with Crippen LogP contribution in [0.3, 0.4) is 0 Å². The van der Waals surface area contributed by atoms with Crippen molar-refractivity contribution in [2.24, 2.45) is 0 Å². The lowest BCUT2D eigenvalue weighted by Gasteiger charge is -2.06. The molecule has 2 heteroatoms. The molecule has 0 N–H and O–H groups in total. The van der Waals surface area contributed by atoms with Gasteiger partial charge in [-0.1, -0.05) is 39.2 Å². The van der Waals surface area contributed by atoms with Gasteiger partial charge < -0.3 is 0 Å². The quantitative estimate of drug-likeness (QED) is 0.411. The second-order valence-corrected chi connectivity index (χ2v) is 6.81. The molecule has 0 saturated carbocycles. The first-order valence-corrected chi connectivity index (χ1v) is 8.17. The molecule has 0 aliphatic heterocycles. The average molecular weight is 348 g/mol. The summed E-state index contributed by atoms with van der Waals surface area (Å²) >= 11 is 4.31. The minimum atomic E-state index is 1.24. The van der Waals surface area contributed by atoms with E-state index in [-0.39, 0.29) is 0 Å². The fourth-order valence-corrected chi connectivity index (χ4v) is 3.33. The molecule has 0 amide bonds. The largest absolute Gasteiger partial charge is 0.137 e. The zero-order valence-corrected chi connectivity index (χ0v) is 13.2. The lowest BCUT2D eigenvalue weighted by atomic mass is 10.0. The fraction of sp³-hybridized carbons (Fsp3) is 0.571. The van der Waals surface area contributed by atoms with E-state index in [1.807, 2.05) is 11.3 Å². The molecule has 0 atom stereocenters. The number of hydrogen-bond donors (Lipinski definition) is 0. The molecular weight excluding hydrogens is 327 g/mol. The Morgan fingerprint density at radius 2 is 2.06 bits per heavy atom. The molecular formula is C14H21IS. The van der Waals surface area contributed by atoms with Gasteiger partial charge in [-0.05, 0) is 58.9 Å². The standard InChI is InChI=1S/C14H21IS/c1-3-5-7-9-12(8-6-4-2)13-10-11-16-14(13)15/h9-11H,3-8H2,1-2H3/b12-9+. The maximum Gasteiger partial charge on any atom is 0.0728 e. The molecule has 16 heavy (non-hydrogen) atoms. The second-order valence-electron chi connectivity index (χ2n) is 4.08. The maximum absolute atomic E-state index is 2.46. The Morgan fingerprint density at radius 1 is 1.31 bits per heavy atom. The van der Waals surface area contributed by atoms with Crippen molar-refractivity contribution in [3.8, 4) is 0 Å². The zero-order valence-electron chi connectivity index (χ0n) is 10.3.